The Balaban J connectivity index is 1.83. The van der Waals surface area contributed by atoms with Crippen molar-refractivity contribution < 1.29 is 0 Å². The predicted octanol–water partition coefficient (Wildman–Crippen LogP) is 4.09. The maximum Gasteiger partial charge on any atom is 0.0208 e. The average molecular weight is 231 g/mol. The van der Waals surface area contributed by atoms with Gasteiger partial charge >= 0.3 is 0 Å². The number of rotatable bonds is 4. The van der Waals surface area contributed by atoms with Gasteiger partial charge < -0.3 is 5.32 Å². The Kier molecular flexibility index (Phi) is 4.22. The summed E-state index contributed by atoms with van der Waals surface area (Å²) in [6.07, 6.45) is 4.10. The highest BCUT2D eigenvalue weighted by molar-refractivity contribution is 5.24. The minimum atomic E-state index is 0.632. The van der Waals surface area contributed by atoms with E-state index in [1.807, 2.05) is 0 Å². The zero-order valence-corrected chi connectivity index (χ0v) is 11.4. The summed E-state index contributed by atoms with van der Waals surface area (Å²) in [6.45, 7) is 7.87. The molecule has 1 heteroatoms. The van der Waals surface area contributed by atoms with Crippen molar-refractivity contribution in [3.63, 3.8) is 0 Å². The largest absolute Gasteiger partial charge is 0.310 e. The van der Waals surface area contributed by atoms with E-state index in [9.17, 15) is 0 Å². The van der Waals surface area contributed by atoms with E-state index < -0.39 is 0 Å². The van der Waals surface area contributed by atoms with Gasteiger partial charge in [-0.15, -0.1) is 0 Å². The number of nitrogens with one attached hydrogen (secondary N) is 1. The molecule has 1 saturated carbocycles. The van der Waals surface area contributed by atoms with Crippen LogP contribution in [-0.2, 0) is 6.54 Å². The highest BCUT2D eigenvalue weighted by Gasteiger charge is 2.20. The van der Waals surface area contributed by atoms with Crippen LogP contribution in [0.3, 0.4) is 0 Å². The van der Waals surface area contributed by atoms with Crippen molar-refractivity contribution in [2.75, 3.05) is 0 Å². The van der Waals surface area contributed by atoms with Gasteiger partial charge in [0.1, 0.15) is 0 Å². The minimum absolute atomic E-state index is 0.632. The third-order valence-corrected chi connectivity index (χ3v) is 3.94. The molecule has 0 bridgehead atoms. The van der Waals surface area contributed by atoms with E-state index >= 15 is 0 Å². The Bertz CT molecular complexity index is 339. The van der Waals surface area contributed by atoms with Crippen molar-refractivity contribution >= 4 is 0 Å². The second-order valence-electron chi connectivity index (χ2n) is 5.89. The molecule has 1 aromatic carbocycles. The molecule has 0 aromatic heterocycles. The summed E-state index contributed by atoms with van der Waals surface area (Å²) in [5.41, 5.74) is 2.84. The molecule has 1 N–H and O–H groups in total. The lowest BCUT2D eigenvalue weighted by Crippen LogP contribution is -2.25. The Morgan fingerprint density at radius 2 is 1.88 bits per heavy atom. The van der Waals surface area contributed by atoms with Crippen LogP contribution in [0.5, 0.6) is 0 Å². The molecule has 0 amide bonds. The monoisotopic (exact) mass is 231 g/mol. The van der Waals surface area contributed by atoms with E-state index in [0.717, 1.165) is 18.5 Å². The van der Waals surface area contributed by atoms with E-state index in [-0.39, 0.29) is 0 Å². The number of hydrogen-bond acceptors (Lipinski definition) is 1. The molecule has 2 unspecified atom stereocenters. The average Bonchev–Trinajstić information content (AvgIpc) is 2.73. The van der Waals surface area contributed by atoms with Gasteiger partial charge in [-0.05, 0) is 42.2 Å². The van der Waals surface area contributed by atoms with Crippen molar-refractivity contribution in [3.05, 3.63) is 35.4 Å². The van der Waals surface area contributed by atoms with Crippen LogP contribution < -0.4 is 5.32 Å². The Hall–Kier alpha value is -0.820. The van der Waals surface area contributed by atoms with E-state index in [1.165, 1.54) is 30.4 Å². The third kappa shape index (κ3) is 3.57. The molecule has 2 atom stereocenters. The molecule has 0 radical (unpaired) electrons. The van der Waals surface area contributed by atoms with Crippen molar-refractivity contribution in [1.82, 2.24) is 5.32 Å². The Morgan fingerprint density at radius 3 is 2.41 bits per heavy atom. The van der Waals surface area contributed by atoms with Crippen molar-refractivity contribution in [2.24, 2.45) is 5.92 Å². The van der Waals surface area contributed by atoms with Crippen LogP contribution in [0.25, 0.3) is 0 Å². The van der Waals surface area contributed by atoms with Gasteiger partial charge in [0.05, 0.1) is 0 Å². The van der Waals surface area contributed by atoms with Gasteiger partial charge in [0.2, 0.25) is 0 Å². The number of hydrogen-bond donors (Lipinski definition) is 1. The fraction of sp³-hybridized carbons (Fsp3) is 0.625. The van der Waals surface area contributed by atoms with Gasteiger partial charge in [-0.25, -0.2) is 0 Å². The number of benzene rings is 1. The predicted molar refractivity (Wildman–Crippen MR) is 74.2 cm³/mol. The lowest BCUT2D eigenvalue weighted by Gasteiger charge is -2.13. The smallest absolute Gasteiger partial charge is 0.0208 e. The summed E-state index contributed by atoms with van der Waals surface area (Å²) < 4.78 is 0. The quantitative estimate of drug-likeness (QED) is 0.823. The van der Waals surface area contributed by atoms with Crippen molar-refractivity contribution in [1.29, 1.82) is 0 Å². The Morgan fingerprint density at radius 1 is 1.18 bits per heavy atom. The first-order valence-electron chi connectivity index (χ1n) is 6.97. The molecule has 94 valence electrons. The summed E-state index contributed by atoms with van der Waals surface area (Å²) in [4.78, 5) is 0. The molecule has 1 aliphatic rings. The first-order chi connectivity index (χ1) is 8.15. The molecule has 0 saturated heterocycles. The summed E-state index contributed by atoms with van der Waals surface area (Å²) in [6, 6.07) is 9.80. The fourth-order valence-electron chi connectivity index (χ4n) is 2.68. The normalized spacial score (nSPS) is 24.5. The van der Waals surface area contributed by atoms with Gasteiger partial charge in [-0.3, -0.25) is 0 Å². The highest BCUT2D eigenvalue weighted by Crippen LogP contribution is 2.24. The van der Waals surface area contributed by atoms with E-state index in [1.54, 1.807) is 0 Å². The highest BCUT2D eigenvalue weighted by atomic mass is 14.9. The second kappa shape index (κ2) is 5.68. The molecule has 1 fully saturated rings. The molecule has 1 aliphatic carbocycles. The summed E-state index contributed by atoms with van der Waals surface area (Å²) >= 11 is 0. The van der Waals surface area contributed by atoms with Crippen LogP contribution >= 0.6 is 0 Å². The Labute approximate surface area is 106 Å². The van der Waals surface area contributed by atoms with Crippen LogP contribution in [-0.4, -0.2) is 6.04 Å². The third-order valence-electron chi connectivity index (χ3n) is 3.94. The van der Waals surface area contributed by atoms with Crippen LogP contribution in [0.2, 0.25) is 0 Å². The SMILES string of the molecule is CC1CCC(NCc2ccc(C(C)C)cc2)C1. The second-order valence-corrected chi connectivity index (χ2v) is 5.89. The first-order valence-corrected chi connectivity index (χ1v) is 6.97. The molecule has 0 heterocycles. The van der Waals surface area contributed by atoms with Gasteiger partial charge in [0.15, 0.2) is 0 Å². The van der Waals surface area contributed by atoms with Crippen molar-refractivity contribution in [3.8, 4) is 0 Å². The summed E-state index contributed by atoms with van der Waals surface area (Å²) in [5, 5.41) is 3.68. The lowest BCUT2D eigenvalue weighted by molar-refractivity contribution is 0.502. The molecule has 17 heavy (non-hydrogen) atoms. The fourth-order valence-corrected chi connectivity index (χ4v) is 2.68. The molecule has 0 spiro atoms. The van der Waals surface area contributed by atoms with E-state index in [4.69, 9.17) is 0 Å². The summed E-state index contributed by atoms with van der Waals surface area (Å²) in [7, 11) is 0. The zero-order valence-electron chi connectivity index (χ0n) is 11.4. The van der Waals surface area contributed by atoms with E-state index in [2.05, 4.69) is 50.4 Å². The zero-order chi connectivity index (χ0) is 12.3. The maximum absolute atomic E-state index is 3.68. The topological polar surface area (TPSA) is 12.0 Å². The molecule has 0 aliphatic heterocycles. The first kappa shape index (κ1) is 12.6. The van der Waals surface area contributed by atoms with Gasteiger partial charge in [0, 0.05) is 12.6 Å². The molecular formula is C16H25N. The summed E-state index contributed by atoms with van der Waals surface area (Å²) in [5.74, 6) is 1.54. The maximum atomic E-state index is 3.68. The minimum Gasteiger partial charge on any atom is -0.310 e. The van der Waals surface area contributed by atoms with Gasteiger partial charge in [-0.2, -0.15) is 0 Å². The standard InChI is InChI=1S/C16H25N/c1-12(2)15-7-5-14(6-8-15)11-17-16-9-4-13(3)10-16/h5-8,12-13,16-17H,4,9-11H2,1-3H3. The molecule has 1 nitrogen and oxygen atoms in total. The van der Waals surface area contributed by atoms with Crippen LogP contribution in [0, 0.1) is 5.92 Å². The molecular weight excluding hydrogens is 206 g/mol. The molecule has 1 aromatic rings. The van der Waals surface area contributed by atoms with Gasteiger partial charge in [-0.1, -0.05) is 45.0 Å². The molecule has 2 rings (SSSR count). The van der Waals surface area contributed by atoms with Crippen LogP contribution in [0.15, 0.2) is 24.3 Å². The van der Waals surface area contributed by atoms with Crippen LogP contribution in [0.4, 0.5) is 0 Å². The lowest BCUT2D eigenvalue weighted by atomic mass is 10.0. The van der Waals surface area contributed by atoms with Crippen LogP contribution in [0.1, 0.15) is 57.1 Å². The van der Waals surface area contributed by atoms with E-state index in [0.29, 0.717) is 5.92 Å². The van der Waals surface area contributed by atoms with Gasteiger partial charge in [0.25, 0.3) is 0 Å². The van der Waals surface area contributed by atoms with Crippen molar-refractivity contribution in [2.45, 2.75) is 58.5 Å².